The molecular weight excluding hydrogens is 286 g/mol. The molecule has 21 heavy (non-hydrogen) atoms. The van der Waals surface area contributed by atoms with Gasteiger partial charge >= 0.3 is 0 Å². The van der Waals surface area contributed by atoms with Gasteiger partial charge in [0.25, 0.3) is 5.91 Å². The number of rotatable bonds is 5. The first kappa shape index (κ1) is 16.4. The number of nitrogens with two attached hydrogens (primary N) is 1. The van der Waals surface area contributed by atoms with Gasteiger partial charge in [-0.15, -0.1) is 11.3 Å². The Morgan fingerprint density at radius 2 is 2.33 bits per heavy atom. The van der Waals surface area contributed by atoms with Crippen molar-refractivity contribution in [2.45, 2.75) is 52.7 Å². The van der Waals surface area contributed by atoms with Gasteiger partial charge in [-0.05, 0) is 30.6 Å². The van der Waals surface area contributed by atoms with Gasteiger partial charge in [0.1, 0.15) is 0 Å². The summed E-state index contributed by atoms with van der Waals surface area (Å²) in [7, 11) is 0. The summed E-state index contributed by atoms with van der Waals surface area (Å²) < 4.78 is 6.12. The first-order chi connectivity index (χ1) is 10.0. The summed E-state index contributed by atoms with van der Waals surface area (Å²) in [5.41, 5.74) is 2.90. The van der Waals surface area contributed by atoms with Crippen molar-refractivity contribution in [3.8, 4) is 0 Å². The number of aromatic nitrogens is 1. The van der Waals surface area contributed by atoms with E-state index in [0.29, 0.717) is 29.6 Å². The SMILES string of the molecule is CC1CCC(C(C)C)C(OCc2csc(C(=O)NN)n2)C1. The number of carbonyl (C=O) groups is 1. The third kappa shape index (κ3) is 4.25. The molecule has 1 aliphatic carbocycles. The molecule has 1 aromatic rings. The van der Waals surface area contributed by atoms with Gasteiger partial charge in [0.2, 0.25) is 0 Å². The third-order valence-corrected chi connectivity index (χ3v) is 5.17. The van der Waals surface area contributed by atoms with Gasteiger partial charge < -0.3 is 4.74 Å². The highest BCUT2D eigenvalue weighted by molar-refractivity contribution is 7.11. The van der Waals surface area contributed by atoms with Gasteiger partial charge in [0.05, 0.1) is 18.4 Å². The van der Waals surface area contributed by atoms with Crippen molar-refractivity contribution >= 4 is 17.2 Å². The predicted octanol–water partition coefficient (Wildman–Crippen LogP) is 2.72. The number of nitrogens with zero attached hydrogens (tertiary/aromatic N) is 1. The fourth-order valence-corrected chi connectivity index (χ4v) is 3.74. The number of carbonyl (C=O) groups excluding carboxylic acids is 1. The molecule has 1 saturated carbocycles. The number of thiazole rings is 1. The topological polar surface area (TPSA) is 77.2 Å². The maximum absolute atomic E-state index is 11.4. The highest BCUT2D eigenvalue weighted by Crippen LogP contribution is 2.35. The van der Waals surface area contributed by atoms with Crippen LogP contribution in [0, 0.1) is 17.8 Å². The van der Waals surface area contributed by atoms with Crippen molar-refractivity contribution in [2.24, 2.45) is 23.6 Å². The van der Waals surface area contributed by atoms with Crippen LogP contribution in [-0.4, -0.2) is 17.0 Å². The van der Waals surface area contributed by atoms with Crippen LogP contribution in [0.25, 0.3) is 0 Å². The lowest BCUT2D eigenvalue weighted by molar-refractivity contribution is -0.0481. The van der Waals surface area contributed by atoms with E-state index in [0.717, 1.165) is 18.0 Å². The summed E-state index contributed by atoms with van der Waals surface area (Å²) in [4.78, 5) is 15.6. The Kier molecular flexibility index (Phi) is 5.72. The Hall–Kier alpha value is -0.980. The van der Waals surface area contributed by atoms with E-state index in [9.17, 15) is 4.79 Å². The normalized spacial score (nSPS) is 26.0. The van der Waals surface area contributed by atoms with Crippen LogP contribution < -0.4 is 11.3 Å². The summed E-state index contributed by atoms with van der Waals surface area (Å²) in [5.74, 6) is 6.73. The quantitative estimate of drug-likeness (QED) is 0.498. The molecule has 1 fully saturated rings. The van der Waals surface area contributed by atoms with Crippen molar-refractivity contribution in [3.63, 3.8) is 0 Å². The van der Waals surface area contributed by atoms with Gasteiger partial charge in [0.15, 0.2) is 5.01 Å². The van der Waals surface area contributed by atoms with Gasteiger partial charge in [-0.3, -0.25) is 10.2 Å². The number of ether oxygens (including phenoxy) is 1. The molecule has 0 spiro atoms. The summed E-state index contributed by atoms with van der Waals surface area (Å²) >= 11 is 1.29. The molecule has 0 aliphatic heterocycles. The molecule has 3 atom stereocenters. The minimum absolute atomic E-state index is 0.294. The number of nitrogen functional groups attached to an aromatic ring is 1. The smallest absolute Gasteiger partial charge is 0.294 e. The molecule has 0 bridgehead atoms. The minimum atomic E-state index is -0.349. The largest absolute Gasteiger partial charge is 0.372 e. The second-order valence-electron chi connectivity index (χ2n) is 6.29. The molecule has 3 N–H and O–H groups in total. The van der Waals surface area contributed by atoms with E-state index >= 15 is 0 Å². The van der Waals surface area contributed by atoms with E-state index in [2.05, 4.69) is 31.2 Å². The average molecular weight is 311 g/mol. The maximum Gasteiger partial charge on any atom is 0.294 e. The van der Waals surface area contributed by atoms with E-state index in [-0.39, 0.29) is 5.91 Å². The van der Waals surface area contributed by atoms with Crippen LogP contribution in [0.5, 0.6) is 0 Å². The lowest BCUT2D eigenvalue weighted by atomic mass is 9.75. The molecule has 1 aliphatic rings. The number of nitrogens with one attached hydrogen (secondary N) is 1. The molecule has 2 rings (SSSR count). The number of hydrazine groups is 1. The summed E-state index contributed by atoms with van der Waals surface area (Å²) in [6, 6.07) is 0. The Labute approximate surface area is 130 Å². The third-order valence-electron chi connectivity index (χ3n) is 4.28. The highest BCUT2D eigenvalue weighted by atomic mass is 32.1. The fraction of sp³-hybridized carbons (Fsp3) is 0.733. The van der Waals surface area contributed by atoms with E-state index in [1.165, 1.54) is 24.2 Å². The van der Waals surface area contributed by atoms with Crippen LogP contribution in [0.2, 0.25) is 0 Å². The Balaban J connectivity index is 1.93. The molecule has 3 unspecified atom stereocenters. The van der Waals surface area contributed by atoms with Crippen molar-refractivity contribution in [1.29, 1.82) is 0 Å². The first-order valence-electron chi connectivity index (χ1n) is 7.58. The van der Waals surface area contributed by atoms with Crippen molar-refractivity contribution < 1.29 is 9.53 Å². The molecule has 1 aromatic heterocycles. The Morgan fingerprint density at radius 3 is 3.00 bits per heavy atom. The lowest BCUT2D eigenvalue weighted by Gasteiger charge is -2.37. The number of hydrogen-bond acceptors (Lipinski definition) is 5. The molecular formula is C15H25N3O2S. The predicted molar refractivity (Wildman–Crippen MR) is 83.7 cm³/mol. The van der Waals surface area contributed by atoms with Crippen LogP contribution in [0.3, 0.4) is 0 Å². The molecule has 1 heterocycles. The van der Waals surface area contributed by atoms with Gasteiger partial charge in [-0.2, -0.15) is 0 Å². The Morgan fingerprint density at radius 1 is 1.57 bits per heavy atom. The van der Waals surface area contributed by atoms with Crippen molar-refractivity contribution in [3.05, 3.63) is 16.1 Å². The highest BCUT2D eigenvalue weighted by Gasteiger charge is 2.31. The molecule has 1 amide bonds. The summed E-state index contributed by atoms with van der Waals surface area (Å²) in [6.07, 6.45) is 3.94. The van der Waals surface area contributed by atoms with Crippen molar-refractivity contribution in [1.82, 2.24) is 10.4 Å². The lowest BCUT2D eigenvalue weighted by Crippen LogP contribution is -2.34. The summed E-state index contributed by atoms with van der Waals surface area (Å²) in [5, 5.41) is 2.25. The van der Waals surface area contributed by atoms with Crippen LogP contribution in [0.1, 0.15) is 55.5 Å². The van der Waals surface area contributed by atoms with Gasteiger partial charge in [0, 0.05) is 5.38 Å². The zero-order chi connectivity index (χ0) is 15.4. The van der Waals surface area contributed by atoms with E-state index in [4.69, 9.17) is 10.6 Å². The molecule has 0 saturated heterocycles. The standard InChI is InChI=1S/C15H25N3O2S/c1-9(2)12-5-4-10(3)6-13(12)20-7-11-8-21-15(17-11)14(19)18-16/h8-10,12-13H,4-7,16H2,1-3H3,(H,18,19). The number of hydrogen-bond donors (Lipinski definition) is 2. The molecule has 6 heteroatoms. The van der Waals surface area contributed by atoms with Crippen LogP contribution in [0.15, 0.2) is 5.38 Å². The van der Waals surface area contributed by atoms with Crippen LogP contribution >= 0.6 is 11.3 Å². The fourth-order valence-electron chi connectivity index (χ4n) is 3.04. The van der Waals surface area contributed by atoms with Crippen LogP contribution in [-0.2, 0) is 11.3 Å². The van der Waals surface area contributed by atoms with E-state index in [1.807, 2.05) is 5.38 Å². The number of amides is 1. The second-order valence-corrected chi connectivity index (χ2v) is 7.15. The average Bonchev–Trinajstić information content (AvgIpc) is 2.93. The first-order valence-corrected chi connectivity index (χ1v) is 8.46. The summed E-state index contributed by atoms with van der Waals surface area (Å²) in [6.45, 7) is 7.29. The monoisotopic (exact) mass is 311 g/mol. The Bertz CT molecular complexity index is 475. The molecule has 0 aromatic carbocycles. The van der Waals surface area contributed by atoms with Gasteiger partial charge in [-0.1, -0.05) is 27.2 Å². The van der Waals surface area contributed by atoms with Crippen molar-refractivity contribution in [2.75, 3.05) is 0 Å². The minimum Gasteiger partial charge on any atom is -0.372 e. The second kappa shape index (κ2) is 7.33. The molecule has 118 valence electrons. The maximum atomic E-state index is 11.4. The molecule has 5 nitrogen and oxygen atoms in total. The zero-order valence-electron chi connectivity index (χ0n) is 13.0. The van der Waals surface area contributed by atoms with E-state index in [1.54, 1.807) is 0 Å². The zero-order valence-corrected chi connectivity index (χ0v) is 13.8. The van der Waals surface area contributed by atoms with Gasteiger partial charge in [-0.25, -0.2) is 10.8 Å². The molecule has 0 radical (unpaired) electrons. The van der Waals surface area contributed by atoms with Crippen LogP contribution in [0.4, 0.5) is 0 Å². The van der Waals surface area contributed by atoms with E-state index < -0.39 is 0 Å².